The number of carbonyl (C=O) groups excluding carboxylic acids is 1. The number of likely N-dealkylation sites (tertiary alicyclic amines) is 1. The Morgan fingerprint density at radius 1 is 1.29 bits per heavy atom. The molecule has 126 valence electrons. The molecule has 0 saturated carbocycles. The summed E-state index contributed by atoms with van der Waals surface area (Å²) in [6.45, 7) is 1.06. The molecule has 0 radical (unpaired) electrons. The average Bonchev–Trinajstić information content (AvgIpc) is 2.93. The second kappa shape index (κ2) is 6.89. The lowest BCUT2D eigenvalue weighted by molar-refractivity contribution is -0.117. The minimum atomic E-state index is -0.951. The fourth-order valence-electron chi connectivity index (χ4n) is 2.97. The van der Waals surface area contributed by atoms with E-state index in [4.69, 9.17) is 11.6 Å². The zero-order valence-electron chi connectivity index (χ0n) is 13.0. The standard InChI is InChI=1S/C18H18ClFN2O2/c19-14-6-7-16(15(20)10-14)21-17(23)11-22-9-8-18(24,12-22)13-4-2-1-3-5-13/h1-7,10,24H,8-9,11-12H2,(H,21,23). The van der Waals surface area contributed by atoms with Crippen LogP contribution in [0.2, 0.25) is 5.02 Å². The molecular formula is C18H18ClFN2O2. The van der Waals surface area contributed by atoms with Gasteiger partial charge < -0.3 is 10.4 Å². The number of halogens is 2. The topological polar surface area (TPSA) is 52.6 Å². The third-order valence-electron chi connectivity index (χ3n) is 4.21. The molecule has 2 aromatic carbocycles. The summed E-state index contributed by atoms with van der Waals surface area (Å²) in [6.07, 6.45) is 0.555. The molecule has 1 heterocycles. The number of carbonyl (C=O) groups is 1. The molecular weight excluding hydrogens is 331 g/mol. The SMILES string of the molecule is O=C(CN1CCC(O)(c2ccccc2)C1)Nc1ccc(Cl)cc1F. The molecule has 1 saturated heterocycles. The summed E-state index contributed by atoms with van der Waals surface area (Å²) in [6, 6.07) is 13.5. The van der Waals surface area contributed by atoms with Crippen molar-refractivity contribution in [2.75, 3.05) is 25.0 Å². The van der Waals surface area contributed by atoms with Gasteiger partial charge in [0.25, 0.3) is 0 Å². The third kappa shape index (κ3) is 3.75. The fourth-order valence-corrected chi connectivity index (χ4v) is 3.13. The van der Waals surface area contributed by atoms with Crippen molar-refractivity contribution >= 4 is 23.2 Å². The summed E-state index contributed by atoms with van der Waals surface area (Å²) >= 11 is 5.69. The number of amides is 1. The highest BCUT2D eigenvalue weighted by molar-refractivity contribution is 6.30. The van der Waals surface area contributed by atoms with Crippen LogP contribution >= 0.6 is 11.6 Å². The number of hydrogen-bond acceptors (Lipinski definition) is 3. The van der Waals surface area contributed by atoms with Crippen molar-refractivity contribution in [2.24, 2.45) is 0 Å². The van der Waals surface area contributed by atoms with Crippen molar-refractivity contribution in [3.05, 3.63) is 64.9 Å². The molecule has 1 aliphatic heterocycles. The van der Waals surface area contributed by atoms with Gasteiger partial charge in [-0.1, -0.05) is 41.9 Å². The van der Waals surface area contributed by atoms with Gasteiger partial charge >= 0.3 is 0 Å². The lowest BCUT2D eigenvalue weighted by Gasteiger charge is -2.23. The molecule has 0 aromatic heterocycles. The van der Waals surface area contributed by atoms with Crippen molar-refractivity contribution in [2.45, 2.75) is 12.0 Å². The van der Waals surface area contributed by atoms with Crippen LogP contribution in [0.3, 0.4) is 0 Å². The molecule has 2 N–H and O–H groups in total. The van der Waals surface area contributed by atoms with Crippen LogP contribution in [0, 0.1) is 5.82 Å². The number of nitrogens with zero attached hydrogens (tertiary/aromatic N) is 1. The van der Waals surface area contributed by atoms with Gasteiger partial charge in [-0.2, -0.15) is 0 Å². The summed E-state index contributed by atoms with van der Waals surface area (Å²) in [5.74, 6) is -0.897. The Hall–Kier alpha value is -1.95. The molecule has 0 spiro atoms. The summed E-state index contributed by atoms with van der Waals surface area (Å²) in [7, 11) is 0. The summed E-state index contributed by atoms with van der Waals surface area (Å²) in [5.41, 5.74) is -0.00821. The van der Waals surface area contributed by atoms with Crippen molar-refractivity contribution in [1.82, 2.24) is 4.90 Å². The maximum atomic E-state index is 13.7. The average molecular weight is 349 g/mol. The van der Waals surface area contributed by atoms with Crippen molar-refractivity contribution in [1.29, 1.82) is 0 Å². The first kappa shape index (κ1) is 16.9. The predicted molar refractivity (Wildman–Crippen MR) is 91.4 cm³/mol. The molecule has 1 fully saturated rings. The second-order valence-electron chi connectivity index (χ2n) is 6.03. The first-order valence-corrected chi connectivity index (χ1v) is 8.09. The monoisotopic (exact) mass is 348 g/mol. The van der Waals surface area contributed by atoms with Gasteiger partial charge in [-0.3, -0.25) is 9.69 Å². The largest absolute Gasteiger partial charge is 0.384 e. The third-order valence-corrected chi connectivity index (χ3v) is 4.45. The van der Waals surface area contributed by atoms with E-state index in [1.54, 1.807) is 0 Å². The molecule has 3 rings (SSSR count). The molecule has 24 heavy (non-hydrogen) atoms. The van der Waals surface area contributed by atoms with Crippen LogP contribution in [-0.2, 0) is 10.4 Å². The molecule has 0 bridgehead atoms. The molecule has 1 unspecified atom stereocenters. The highest BCUT2D eigenvalue weighted by atomic mass is 35.5. The van der Waals surface area contributed by atoms with E-state index >= 15 is 0 Å². The van der Waals surface area contributed by atoms with Crippen LogP contribution in [0.5, 0.6) is 0 Å². The lowest BCUT2D eigenvalue weighted by Crippen LogP contribution is -2.35. The maximum absolute atomic E-state index is 13.7. The van der Waals surface area contributed by atoms with Crippen LogP contribution in [0.4, 0.5) is 10.1 Å². The van der Waals surface area contributed by atoms with E-state index in [0.717, 1.165) is 11.6 Å². The summed E-state index contributed by atoms with van der Waals surface area (Å²) < 4.78 is 13.7. The van der Waals surface area contributed by atoms with Gasteiger partial charge in [0.15, 0.2) is 0 Å². The summed E-state index contributed by atoms with van der Waals surface area (Å²) in [5, 5.41) is 13.6. The predicted octanol–water partition coefficient (Wildman–Crippen LogP) is 3.01. The van der Waals surface area contributed by atoms with Crippen LogP contribution in [0.1, 0.15) is 12.0 Å². The van der Waals surface area contributed by atoms with E-state index in [0.29, 0.717) is 19.5 Å². The van der Waals surface area contributed by atoms with Crippen LogP contribution in [-0.4, -0.2) is 35.5 Å². The zero-order valence-corrected chi connectivity index (χ0v) is 13.8. The van der Waals surface area contributed by atoms with E-state index in [2.05, 4.69) is 5.32 Å². The maximum Gasteiger partial charge on any atom is 0.238 e. The smallest absolute Gasteiger partial charge is 0.238 e. The Bertz CT molecular complexity index is 741. The van der Waals surface area contributed by atoms with E-state index in [9.17, 15) is 14.3 Å². The van der Waals surface area contributed by atoms with Gasteiger partial charge in [0.05, 0.1) is 12.2 Å². The Labute approximate surface area is 144 Å². The Morgan fingerprint density at radius 2 is 2.04 bits per heavy atom. The highest BCUT2D eigenvalue weighted by Crippen LogP contribution is 2.31. The Balaban J connectivity index is 1.60. The minimum Gasteiger partial charge on any atom is -0.384 e. The zero-order chi connectivity index (χ0) is 17.2. The lowest BCUT2D eigenvalue weighted by atomic mass is 9.93. The summed E-state index contributed by atoms with van der Waals surface area (Å²) in [4.78, 5) is 14.0. The molecule has 4 nitrogen and oxygen atoms in total. The first-order valence-electron chi connectivity index (χ1n) is 7.71. The van der Waals surface area contributed by atoms with E-state index in [1.807, 2.05) is 35.2 Å². The van der Waals surface area contributed by atoms with Crippen LogP contribution < -0.4 is 5.32 Å². The molecule has 1 amide bonds. The Morgan fingerprint density at radius 3 is 2.75 bits per heavy atom. The van der Waals surface area contributed by atoms with Crippen LogP contribution in [0.25, 0.3) is 0 Å². The number of β-amino-alcohol motifs (C(OH)–C–C–N with tert-alkyl or cyclic N) is 1. The second-order valence-corrected chi connectivity index (χ2v) is 6.47. The number of benzene rings is 2. The van der Waals surface area contributed by atoms with Gasteiger partial charge in [-0.05, 0) is 30.2 Å². The van der Waals surface area contributed by atoms with E-state index in [1.165, 1.54) is 12.1 Å². The number of rotatable bonds is 4. The van der Waals surface area contributed by atoms with Gasteiger partial charge in [0.1, 0.15) is 11.4 Å². The Kier molecular flexibility index (Phi) is 4.85. The number of aliphatic hydroxyl groups is 1. The number of hydrogen-bond donors (Lipinski definition) is 2. The number of nitrogens with one attached hydrogen (secondary N) is 1. The van der Waals surface area contributed by atoms with Gasteiger partial charge in [-0.15, -0.1) is 0 Å². The molecule has 6 heteroatoms. The molecule has 0 aliphatic carbocycles. The van der Waals surface area contributed by atoms with Gasteiger partial charge in [-0.25, -0.2) is 4.39 Å². The molecule has 2 aromatic rings. The number of anilines is 1. The van der Waals surface area contributed by atoms with Crippen molar-refractivity contribution in [3.63, 3.8) is 0 Å². The van der Waals surface area contributed by atoms with Crippen molar-refractivity contribution < 1.29 is 14.3 Å². The van der Waals surface area contributed by atoms with E-state index in [-0.39, 0.29) is 23.2 Å². The molecule has 1 atom stereocenters. The minimum absolute atomic E-state index is 0.0945. The fraction of sp³-hybridized carbons (Fsp3) is 0.278. The van der Waals surface area contributed by atoms with Crippen LogP contribution in [0.15, 0.2) is 48.5 Å². The van der Waals surface area contributed by atoms with Gasteiger partial charge in [0.2, 0.25) is 5.91 Å². The normalized spacial score (nSPS) is 21.0. The first-order chi connectivity index (χ1) is 11.5. The highest BCUT2D eigenvalue weighted by Gasteiger charge is 2.37. The molecule has 1 aliphatic rings. The quantitative estimate of drug-likeness (QED) is 0.893. The van der Waals surface area contributed by atoms with E-state index < -0.39 is 11.4 Å². The van der Waals surface area contributed by atoms with Gasteiger partial charge in [0, 0.05) is 18.1 Å². The van der Waals surface area contributed by atoms with Crippen molar-refractivity contribution in [3.8, 4) is 0 Å².